The number of morpholine rings is 1. The third kappa shape index (κ3) is 6.33. The average Bonchev–Trinajstić information content (AvgIpc) is 1.91. The fourth-order valence-corrected chi connectivity index (χ4v) is 0.655. The second-order valence-corrected chi connectivity index (χ2v) is 2.72. The number of nitrogens with zero attached hydrogens (tertiary/aromatic N) is 1. The Morgan fingerprint density at radius 1 is 1.40 bits per heavy atom. The highest BCUT2D eigenvalue weighted by atomic mass is 35.5. The smallest absolute Gasteiger partial charge is 0.0594 e. The molecule has 0 aromatic rings. The summed E-state index contributed by atoms with van der Waals surface area (Å²) in [6.07, 6.45) is 0. The molecule has 2 nitrogen and oxygen atoms in total. The summed E-state index contributed by atoms with van der Waals surface area (Å²) in [5.74, 6) is 0.722. The molecule has 0 radical (unpaired) electrons. The van der Waals surface area contributed by atoms with Gasteiger partial charge in [-0.15, -0.1) is 11.6 Å². The van der Waals surface area contributed by atoms with Crippen molar-refractivity contribution in [2.24, 2.45) is 0 Å². The van der Waals surface area contributed by atoms with Gasteiger partial charge in [-0.05, 0) is 7.05 Å². The van der Waals surface area contributed by atoms with Gasteiger partial charge in [0.05, 0.1) is 13.2 Å². The highest BCUT2D eigenvalue weighted by Crippen LogP contribution is 1.89. The highest BCUT2D eigenvalue weighted by Gasteiger charge is 2.02. The Bertz CT molecular complexity index is 64.6. The van der Waals surface area contributed by atoms with Gasteiger partial charge in [-0.1, -0.05) is 6.92 Å². The van der Waals surface area contributed by atoms with Crippen LogP contribution in [0.25, 0.3) is 0 Å². The maximum atomic E-state index is 5.10. The van der Waals surface area contributed by atoms with Crippen molar-refractivity contribution in [2.75, 3.05) is 39.2 Å². The van der Waals surface area contributed by atoms with Crippen LogP contribution in [0.1, 0.15) is 6.92 Å². The summed E-state index contributed by atoms with van der Waals surface area (Å²) in [7, 11) is 2.11. The molecule has 62 valence electrons. The van der Waals surface area contributed by atoms with E-state index in [9.17, 15) is 0 Å². The first kappa shape index (κ1) is 10.2. The van der Waals surface area contributed by atoms with Crippen molar-refractivity contribution in [1.29, 1.82) is 0 Å². The molecule has 0 amide bonds. The monoisotopic (exact) mass is 165 g/mol. The molecule has 0 saturated carbocycles. The van der Waals surface area contributed by atoms with Crippen molar-refractivity contribution in [1.82, 2.24) is 4.90 Å². The zero-order chi connectivity index (χ0) is 7.82. The Kier molecular flexibility index (Phi) is 7.47. The van der Waals surface area contributed by atoms with Crippen LogP contribution >= 0.6 is 11.6 Å². The Morgan fingerprint density at radius 2 is 1.80 bits per heavy atom. The van der Waals surface area contributed by atoms with Gasteiger partial charge in [-0.2, -0.15) is 0 Å². The number of alkyl halides is 1. The van der Waals surface area contributed by atoms with Crippen LogP contribution in [0.2, 0.25) is 0 Å². The van der Waals surface area contributed by atoms with Crippen LogP contribution in [-0.2, 0) is 4.74 Å². The third-order valence-corrected chi connectivity index (χ3v) is 1.23. The molecule has 3 heteroatoms. The maximum absolute atomic E-state index is 5.10. The topological polar surface area (TPSA) is 12.5 Å². The Labute approximate surface area is 68.1 Å². The lowest BCUT2D eigenvalue weighted by atomic mass is 10.5. The second kappa shape index (κ2) is 7.32. The van der Waals surface area contributed by atoms with Crippen molar-refractivity contribution in [3.8, 4) is 0 Å². The minimum absolute atomic E-state index is 0.722. The standard InChI is InChI=1S/C5H11NO.C2H5Cl/c1-6-2-4-7-5-3-6;1-2-3/h2-5H2,1H3;2H2,1H3. The van der Waals surface area contributed by atoms with E-state index < -0.39 is 0 Å². The van der Waals surface area contributed by atoms with Gasteiger partial charge in [0.15, 0.2) is 0 Å². The average molecular weight is 166 g/mol. The van der Waals surface area contributed by atoms with E-state index in [1.807, 2.05) is 6.92 Å². The molecule has 0 bridgehead atoms. The summed E-state index contributed by atoms with van der Waals surface area (Å²) in [5.41, 5.74) is 0. The quantitative estimate of drug-likeness (QED) is 0.500. The molecule has 0 spiro atoms. The number of likely N-dealkylation sites (N-methyl/N-ethyl adjacent to an activating group) is 1. The minimum atomic E-state index is 0.722. The van der Waals surface area contributed by atoms with Crippen LogP contribution in [-0.4, -0.2) is 44.1 Å². The van der Waals surface area contributed by atoms with Gasteiger partial charge in [-0.25, -0.2) is 0 Å². The molecule has 1 heterocycles. The molecule has 1 aliphatic rings. The number of ether oxygens (including phenoxy) is 1. The van der Waals surface area contributed by atoms with Gasteiger partial charge in [0.2, 0.25) is 0 Å². The number of hydrogen-bond donors (Lipinski definition) is 0. The minimum Gasteiger partial charge on any atom is -0.379 e. The van der Waals surface area contributed by atoms with Crippen molar-refractivity contribution in [3.05, 3.63) is 0 Å². The summed E-state index contributed by atoms with van der Waals surface area (Å²) in [6.45, 7) is 5.91. The molecule has 0 aliphatic carbocycles. The van der Waals surface area contributed by atoms with E-state index in [0.717, 1.165) is 32.2 Å². The summed E-state index contributed by atoms with van der Waals surface area (Å²) in [5, 5.41) is 0. The molecule has 1 aliphatic heterocycles. The first-order chi connectivity index (χ1) is 4.81. The highest BCUT2D eigenvalue weighted by molar-refractivity contribution is 6.17. The lowest BCUT2D eigenvalue weighted by Crippen LogP contribution is -2.32. The molecule has 0 N–H and O–H groups in total. The zero-order valence-corrected chi connectivity index (χ0v) is 7.52. The molecular weight excluding hydrogens is 150 g/mol. The van der Waals surface area contributed by atoms with Gasteiger partial charge in [-0.3, -0.25) is 0 Å². The largest absolute Gasteiger partial charge is 0.379 e. The van der Waals surface area contributed by atoms with E-state index in [1.54, 1.807) is 0 Å². The van der Waals surface area contributed by atoms with E-state index in [2.05, 4.69) is 11.9 Å². The van der Waals surface area contributed by atoms with Gasteiger partial charge in [0, 0.05) is 19.0 Å². The van der Waals surface area contributed by atoms with Gasteiger partial charge in [0.1, 0.15) is 0 Å². The fraction of sp³-hybridized carbons (Fsp3) is 1.00. The van der Waals surface area contributed by atoms with Crippen LogP contribution < -0.4 is 0 Å². The zero-order valence-electron chi connectivity index (χ0n) is 6.77. The SMILES string of the molecule is CCCl.CN1CCOCC1. The van der Waals surface area contributed by atoms with Crippen molar-refractivity contribution >= 4 is 11.6 Å². The Balaban J connectivity index is 0.000000236. The molecule has 1 rings (SSSR count). The molecule has 0 aromatic heterocycles. The Hall–Kier alpha value is 0.210. The van der Waals surface area contributed by atoms with Gasteiger partial charge < -0.3 is 9.64 Å². The number of hydrogen-bond acceptors (Lipinski definition) is 2. The van der Waals surface area contributed by atoms with Crippen molar-refractivity contribution in [3.63, 3.8) is 0 Å². The van der Waals surface area contributed by atoms with Gasteiger partial charge >= 0.3 is 0 Å². The molecule has 1 fully saturated rings. The first-order valence-corrected chi connectivity index (χ1v) is 4.17. The summed E-state index contributed by atoms with van der Waals surface area (Å²) in [6, 6.07) is 0. The van der Waals surface area contributed by atoms with E-state index in [-0.39, 0.29) is 0 Å². The summed E-state index contributed by atoms with van der Waals surface area (Å²) >= 11 is 5.00. The summed E-state index contributed by atoms with van der Waals surface area (Å²) < 4.78 is 5.10. The molecule has 0 aromatic carbocycles. The number of halogens is 1. The first-order valence-electron chi connectivity index (χ1n) is 3.63. The predicted molar refractivity (Wildman–Crippen MR) is 44.7 cm³/mol. The maximum Gasteiger partial charge on any atom is 0.0594 e. The van der Waals surface area contributed by atoms with Gasteiger partial charge in [0.25, 0.3) is 0 Å². The van der Waals surface area contributed by atoms with E-state index in [4.69, 9.17) is 16.3 Å². The normalized spacial score (nSPS) is 19.5. The lowest BCUT2D eigenvalue weighted by molar-refractivity contribution is 0.0503. The fourth-order valence-electron chi connectivity index (χ4n) is 0.655. The molecule has 0 atom stereocenters. The van der Waals surface area contributed by atoms with Crippen LogP contribution in [0.4, 0.5) is 0 Å². The van der Waals surface area contributed by atoms with E-state index >= 15 is 0 Å². The Morgan fingerprint density at radius 3 is 2.00 bits per heavy atom. The predicted octanol–water partition coefficient (Wildman–Crippen LogP) is 1.19. The van der Waals surface area contributed by atoms with Crippen LogP contribution in [0, 0.1) is 0 Å². The van der Waals surface area contributed by atoms with E-state index in [0.29, 0.717) is 0 Å². The van der Waals surface area contributed by atoms with E-state index in [1.165, 1.54) is 0 Å². The third-order valence-electron chi connectivity index (χ3n) is 1.23. The molecular formula is C7H16ClNO. The second-order valence-electron chi connectivity index (χ2n) is 2.18. The summed E-state index contributed by atoms with van der Waals surface area (Å²) in [4.78, 5) is 2.27. The number of rotatable bonds is 0. The molecule has 0 unspecified atom stereocenters. The molecule has 1 saturated heterocycles. The molecule has 10 heavy (non-hydrogen) atoms. The van der Waals surface area contributed by atoms with Crippen LogP contribution in [0.15, 0.2) is 0 Å². The van der Waals surface area contributed by atoms with Crippen molar-refractivity contribution < 1.29 is 4.74 Å². The van der Waals surface area contributed by atoms with Crippen LogP contribution in [0.5, 0.6) is 0 Å². The van der Waals surface area contributed by atoms with Crippen molar-refractivity contribution in [2.45, 2.75) is 6.92 Å². The lowest BCUT2D eigenvalue weighted by Gasteiger charge is -2.21. The van der Waals surface area contributed by atoms with Crippen LogP contribution in [0.3, 0.4) is 0 Å².